The molecule has 1 N–H and O–H groups in total. The number of H-pyrrole nitrogens is 1. The zero-order chi connectivity index (χ0) is 12.6. The van der Waals surface area contributed by atoms with Gasteiger partial charge in [-0.25, -0.2) is 0 Å². The Labute approximate surface area is 113 Å². The van der Waals surface area contributed by atoms with Crippen molar-refractivity contribution in [2.24, 2.45) is 0 Å². The Kier molecular flexibility index (Phi) is 3.48. The van der Waals surface area contributed by atoms with E-state index in [4.69, 9.17) is 34.8 Å². The van der Waals surface area contributed by atoms with Gasteiger partial charge in [0.2, 0.25) is 5.56 Å². The van der Waals surface area contributed by atoms with E-state index in [0.717, 1.165) is 5.56 Å². The van der Waals surface area contributed by atoms with Crippen molar-refractivity contribution < 1.29 is 0 Å². The summed E-state index contributed by atoms with van der Waals surface area (Å²) in [4.78, 5) is 13.9. The summed E-state index contributed by atoms with van der Waals surface area (Å²) >= 11 is 18.2. The van der Waals surface area contributed by atoms with Crippen LogP contribution < -0.4 is 5.56 Å². The van der Waals surface area contributed by atoms with Crippen LogP contribution in [0.2, 0.25) is 15.1 Å². The van der Waals surface area contributed by atoms with E-state index >= 15 is 0 Å². The molecule has 1 heterocycles. The van der Waals surface area contributed by atoms with Gasteiger partial charge in [-0.05, 0) is 30.2 Å². The monoisotopic (exact) mass is 287 g/mol. The normalized spacial score (nSPS) is 10.6. The summed E-state index contributed by atoms with van der Waals surface area (Å²) in [6.45, 7) is 1.86. The van der Waals surface area contributed by atoms with Crippen LogP contribution in [0.3, 0.4) is 0 Å². The number of halogens is 3. The maximum absolute atomic E-state index is 11.3. The van der Waals surface area contributed by atoms with E-state index in [1.54, 1.807) is 18.3 Å². The van der Waals surface area contributed by atoms with Gasteiger partial charge in [0.15, 0.2) is 0 Å². The van der Waals surface area contributed by atoms with Gasteiger partial charge in [0, 0.05) is 17.8 Å². The van der Waals surface area contributed by atoms with Crippen molar-refractivity contribution in [2.75, 3.05) is 0 Å². The molecule has 0 saturated carbocycles. The standard InChI is InChI=1S/C12H8Cl3NO/c1-6-5-16-10(17)4-7(6)11-8(13)2-3-9(14)12(11)15/h2-5H,1H3,(H,16,17). The first-order valence-electron chi connectivity index (χ1n) is 4.84. The number of hydrogen-bond acceptors (Lipinski definition) is 1. The second-order valence-electron chi connectivity index (χ2n) is 3.61. The van der Waals surface area contributed by atoms with Crippen LogP contribution in [0.4, 0.5) is 0 Å². The predicted octanol–water partition coefficient (Wildman–Crippen LogP) is 4.31. The number of pyridine rings is 1. The summed E-state index contributed by atoms with van der Waals surface area (Å²) in [6.07, 6.45) is 1.62. The molecule has 0 amide bonds. The number of aromatic amines is 1. The van der Waals surface area contributed by atoms with Crippen LogP contribution in [-0.2, 0) is 0 Å². The van der Waals surface area contributed by atoms with Crippen molar-refractivity contribution in [3.05, 3.63) is 55.4 Å². The van der Waals surface area contributed by atoms with Crippen molar-refractivity contribution in [2.45, 2.75) is 6.92 Å². The minimum absolute atomic E-state index is 0.210. The zero-order valence-electron chi connectivity index (χ0n) is 8.85. The lowest BCUT2D eigenvalue weighted by molar-refractivity contribution is 1.20. The highest BCUT2D eigenvalue weighted by Gasteiger charge is 2.14. The molecule has 0 spiro atoms. The van der Waals surface area contributed by atoms with Crippen LogP contribution in [0, 0.1) is 6.92 Å². The molecule has 1 aromatic carbocycles. The summed E-state index contributed by atoms with van der Waals surface area (Å²) in [5.41, 5.74) is 1.93. The molecule has 0 bridgehead atoms. The summed E-state index contributed by atoms with van der Waals surface area (Å²) in [7, 11) is 0. The molecule has 2 rings (SSSR count). The number of rotatable bonds is 1. The number of hydrogen-bond donors (Lipinski definition) is 1. The Hall–Kier alpha value is -0.960. The smallest absolute Gasteiger partial charge is 0.248 e. The molecule has 0 aliphatic carbocycles. The van der Waals surface area contributed by atoms with Crippen molar-refractivity contribution >= 4 is 34.8 Å². The van der Waals surface area contributed by atoms with E-state index in [-0.39, 0.29) is 5.56 Å². The second kappa shape index (κ2) is 4.73. The van der Waals surface area contributed by atoms with Gasteiger partial charge < -0.3 is 4.98 Å². The Morgan fingerprint density at radius 2 is 1.76 bits per heavy atom. The minimum atomic E-state index is -0.210. The van der Waals surface area contributed by atoms with Crippen LogP contribution in [0.1, 0.15) is 5.56 Å². The number of aromatic nitrogens is 1. The van der Waals surface area contributed by atoms with E-state index < -0.39 is 0 Å². The third-order valence-electron chi connectivity index (χ3n) is 2.44. The molecule has 88 valence electrons. The Bertz CT molecular complexity index is 634. The van der Waals surface area contributed by atoms with Crippen molar-refractivity contribution in [3.8, 4) is 11.1 Å². The van der Waals surface area contributed by atoms with Gasteiger partial charge in [-0.3, -0.25) is 4.79 Å². The van der Waals surface area contributed by atoms with Crippen molar-refractivity contribution in [3.63, 3.8) is 0 Å². The van der Waals surface area contributed by atoms with E-state index in [1.807, 2.05) is 6.92 Å². The van der Waals surface area contributed by atoms with Gasteiger partial charge in [-0.1, -0.05) is 34.8 Å². The van der Waals surface area contributed by atoms with Gasteiger partial charge >= 0.3 is 0 Å². The van der Waals surface area contributed by atoms with Gasteiger partial charge in [-0.15, -0.1) is 0 Å². The number of benzene rings is 1. The first kappa shape index (κ1) is 12.5. The van der Waals surface area contributed by atoms with Crippen LogP contribution >= 0.6 is 34.8 Å². The molecule has 0 unspecified atom stereocenters. The summed E-state index contributed by atoms with van der Waals surface area (Å²) in [6, 6.07) is 4.74. The van der Waals surface area contributed by atoms with E-state index in [2.05, 4.69) is 4.98 Å². The molecule has 2 nitrogen and oxygen atoms in total. The zero-order valence-corrected chi connectivity index (χ0v) is 11.1. The van der Waals surface area contributed by atoms with Crippen molar-refractivity contribution in [1.82, 2.24) is 4.98 Å². The maximum Gasteiger partial charge on any atom is 0.248 e. The first-order valence-corrected chi connectivity index (χ1v) is 5.97. The molecule has 0 saturated heterocycles. The average Bonchev–Trinajstić information content (AvgIpc) is 2.29. The third kappa shape index (κ3) is 2.34. The largest absolute Gasteiger partial charge is 0.329 e. The molecule has 1 aromatic heterocycles. The Morgan fingerprint density at radius 1 is 1.12 bits per heavy atom. The Balaban J connectivity index is 2.81. The fraction of sp³-hybridized carbons (Fsp3) is 0.0833. The van der Waals surface area contributed by atoms with Crippen LogP contribution in [0.25, 0.3) is 11.1 Å². The molecule has 0 aliphatic heterocycles. The first-order chi connectivity index (χ1) is 8.00. The number of aryl methyl sites for hydroxylation is 1. The molecule has 5 heteroatoms. The lowest BCUT2D eigenvalue weighted by Crippen LogP contribution is -2.04. The molecule has 0 aliphatic rings. The van der Waals surface area contributed by atoms with Crippen LogP contribution in [-0.4, -0.2) is 4.98 Å². The third-order valence-corrected chi connectivity index (χ3v) is 3.56. The molecule has 0 atom stereocenters. The van der Waals surface area contributed by atoms with E-state index in [9.17, 15) is 4.79 Å². The fourth-order valence-corrected chi connectivity index (χ4v) is 2.32. The lowest BCUT2D eigenvalue weighted by Gasteiger charge is -2.10. The Morgan fingerprint density at radius 3 is 2.47 bits per heavy atom. The fourth-order valence-electron chi connectivity index (χ4n) is 1.59. The van der Waals surface area contributed by atoms with Gasteiger partial charge in [0.25, 0.3) is 0 Å². The summed E-state index contributed by atoms with van der Waals surface area (Å²) in [5, 5.41) is 1.23. The SMILES string of the molecule is Cc1c[nH]c(=O)cc1-c1c(Cl)ccc(Cl)c1Cl. The quantitative estimate of drug-likeness (QED) is 0.779. The van der Waals surface area contributed by atoms with Crippen LogP contribution in [0.5, 0.6) is 0 Å². The maximum atomic E-state index is 11.3. The van der Waals surface area contributed by atoms with Crippen LogP contribution in [0.15, 0.2) is 29.2 Å². The summed E-state index contributed by atoms with van der Waals surface area (Å²) in [5.74, 6) is 0. The van der Waals surface area contributed by atoms with Gasteiger partial charge in [-0.2, -0.15) is 0 Å². The molecule has 17 heavy (non-hydrogen) atoms. The van der Waals surface area contributed by atoms with E-state index in [0.29, 0.717) is 26.2 Å². The summed E-state index contributed by atoms with van der Waals surface area (Å²) < 4.78 is 0. The van der Waals surface area contributed by atoms with Crippen molar-refractivity contribution in [1.29, 1.82) is 0 Å². The average molecular weight is 289 g/mol. The molecule has 2 aromatic rings. The molecular formula is C12H8Cl3NO. The second-order valence-corrected chi connectivity index (χ2v) is 4.80. The van der Waals surface area contributed by atoms with E-state index in [1.165, 1.54) is 6.07 Å². The minimum Gasteiger partial charge on any atom is -0.329 e. The predicted molar refractivity (Wildman–Crippen MR) is 72.3 cm³/mol. The van der Waals surface area contributed by atoms with Gasteiger partial charge in [0.05, 0.1) is 15.1 Å². The number of nitrogens with one attached hydrogen (secondary N) is 1. The highest BCUT2D eigenvalue weighted by Crippen LogP contribution is 2.39. The highest BCUT2D eigenvalue weighted by atomic mass is 35.5. The highest BCUT2D eigenvalue weighted by molar-refractivity contribution is 6.46. The molecular weight excluding hydrogens is 280 g/mol. The molecule has 0 radical (unpaired) electrons. The van der Waals surface area contributed by atoms with Gasteiger partial charge in [0.1, 0.15) is 0 Å². The lowest BCUT2D eigenvalue weighted by atomic mass is 10.0. The topological polar surface area (TPSA) is 32.9 Å². The molecule has 0 fully saturated rings.